The molecule has 0 spiro atoms. The Bertz CT molecular complexity index is 1140. The zero-order valence-electron chi connectivity index (χ0n) is 15.6. The molecule has 0 unspecified atom stereocenters. The number of hydrogen-bond donors (Lipinski definition) is 1. The smallest absolute Gasteiger partial charge is 0.378 e. The van der Waals surface area contributed by atoms with Crippen molar-refractivity contribution >= 4 is 11.9 Å². The summed E-state index contributed by atoms with van der Waals surface area (Å²) in [6.07, 6.45) is 0.781. The Morgan fingerprint density at radius 1 is 1.10 bits per heavy atom. The highest BCUT2D eigenvalue weighted by molar-refractivity contribution is 5.96. The minimum Gasteiger partial charge on any atom is -0.463 e. The molecule has 7 nitrogen and oxygen atoms in total. The van der Waals surface area contributed by atoms with Crippen molar-refractivity contribution in [2.45, 2.75) is 6.54 Å². The van der Waals surface area contributed by atoms with Gasteiger partial charge >= 0.3 is 5.97 Å². The number of ether oxygens (including phenoxy) is 2. The number of para-hydroxylation sites is 1. The summed E-state index contributed by atoms with van der Waals surface area (Å²) in [5.74, 6) is -4.32. The molecule has 0 atom stereocenters. The van der Waals surface area contributed by atoms with Gasteiger partial charge < -0.3 is 19.2 Å². The molecule has 1 heterocycles. The van der Waals surface area contributed by atoms with Gasteiger partial charge in [-0.2, -0.15) is 0 Å². The second kappa shape index (κ2) is 8.99. The number of carbonyl (C=O) groups is 2. The zero-order chi connectivity index (χ0) is 21.7. The van der Waals surface area contributed by atoms with Gasteiger partial charge in [0.15, 0.2) is 0 Å². The topological polar surface area (TPSA) is 94.8 Å². The summed E-state index contributed by atoms with van der Waals surface area (Å²) in [5.41, 5.74) is -1.39. The second-order valence-electron chi connectivity index (χ2n) is 5.96. The van der Waals surface area contributed by atoms with Gasteiger partial charge in [0.05, 0.1) is 7.11 Å². The third kappa shape index (κ3) is 4.52. The number of nitrogens with one attached hydrogen (secondary N) is 1. The standard InChI is InChI=1S/C21H15F2NO6/c1-28-21(27)19-18(30-14-5-3-2-4-6-14)17(25)15(11-29-19)20(26)24-10-12-7-8-13(22)9-16(12)23/h2-9,11H,10H2,1H3,(H,24,26). The van der Waals surface area contributed by atoms with E-state index in [2.05, 4.69) is 10.1 Å². The molecule has 1 aromatic heterocycles. The van der Waals surface area contributed by atoms with E-state index in [-0.39, 0.29) is 17.9 Å². The molecule has 154 valence electrons. The molecule has 2 aromatic carbocycles. The first-order valence-electron chi connectivity index (χ1n) is 8.60. The van der Waals surface area contributed by atoms with Crippen LogP contribution >= 0.6 is 0 Å². The van der Waals surface area contributed by atoms with E-state index in [0.29, 0.717) is 6.07 Å². The Balaban J connectivity index is 1.90. The van der Waals surface area contributed by atoms with Crippen molar-refractivity contribution in [1.29, 1.82) is 0 Å². The van der Waals surface area contributed by atoms with Crippen LogP contribution in [0, 0.1) is 11.6 Å². The fourth-order valence-corrected chi connectivity index (χ4v) is 2.48. The number of halogens is 2. The van der Waals surface area contributed by atoms with E-state index in [9.17, 15) is 23.2 Å². The molecule has 30 heavy (non-hydrogen) atoms. The fraction of sp³-hybridized carbons (Fsp3) is 0.0952. The summed E-state index contributed by atoms with van der Waals surface area (Å²) in [6.45, 7) is -0.308. The molecule has 3 rings (SSSR count). The number of rotatable bonds is 6. The van der Waals surface area contributed by atoms with Crippen molar-refractivity contribution in [1.82, 2.24) is 5.32 Å². The lowest BCUT2D eigenvalue weighted by Gasteiger charge is -2.10. The Hall–Kier alpha value is -4.01. The molecule has 9 heteroatoms. The molecular formula is C21H15F2NO6. The monoisotopic (exact) mass is 415 g/mol. The number of amides is 1. The summed E-state index contributed by atoms with van der Waals surface area (Å²) in [6, 6.07) is 10.9. The highest BCUT2D eigenvalue weighted by atomic mass is 19.1. The zero-order valence-corrected chi connectivity index (χ0v) is 15.6. The summed E-state index contributed by atoms with van der Waals surface area (Å²) >= 11 is 0. The Morgan fingerprint density at radius 3 is 2.50 bits per heavy atom. The third-order valence-electron chi connectivity index (χ3n) is 3.98. The minimum atomic E-state index is -0.974. The van der Waals surface area contributed by atoms with Gasteiger partial charge in [-0.05, 0) is 18.2 Å². The number of benzene rings is 2. The van der Waals surface area contributed by atoms with Gasteiger partial charge in [0.2, 0.25) is 11.2 Å². The van der Waals surface area contributed by atoms with Crippen LogP contribution in [0.5, 0.6) is 11.5 Å². The number of hydrogen-bond acceptors (Lipinski definition) is 6. The van der Waals surface area contributed by atoms with Crippen molar-refractivity contribution in [3.63, 3.8) is 0 Å². The Labute approximate surface area is 168 Å². The van der Waals surface area contributed by atoms with Crippen LogP contribution in [-0.2, 0) is 11.3 Å². The molecular weight excluding hydrogens is 400 g/mol. The van der Waals surface area contributed by atoms with Crippen molar-refractivity contribution in [2.24, 2.45) is 0 Å². The molecule has 0 radical (unpaired) electrons. The van der Waals surface area contributed by atoms with Gasteiger partial charge in [0.25, 0.3) is 11.7 Å². The van der Waals surface area contributed by atoms with Crippen LogP contribution in [0.25, 0.3) is 0 Å². The van der Waals surface area contributed by atoms with Gasteiger partial charge in [0.1, 0.15) is 29.2 Å². The normalized spacial score (nSPS) is 10.4. The molecule has 1 N–H and O–H groups in total. The average molecular weight is 415 g/mol. The van der Waals surface area contributed by atoms with E-state index in [1.165, 1.54) is 12.1 Å². The van der Waals surface area contributed by atoms with E-state index in [0.717, 1.165) is 25.5 Å². The van der Waals surface area contributed by atoms with Crippen molar-refractivity contribution in [3.05, 3.63) is 93.5 Å². The Morgan fingerprint density at radius 2 is 1.83 bits per heavy atom. The third-order valence-corrected chi connectivity index (χ3v) is 3.98. The highest BCUT2D eigenvalue weighted by Gasteiger charge is 2.25. The molecule has 1 amide bonds. The van der Waals surface area contributed by atoms with Crippen LogP contribution in [0.1, 0.15) is 26.5 Å². The van der Waals surface area contributed by atoms with Crippen molar-refractivity contribution in [2.75, 3.05) is 7.11 Å². The van der Waals surface area contributed by atoms with Crippen LogP contribution in [0.15, 0.2) is 64.0 Å². The van der Waals surface area contributed by atoms with Crippen LogP contribution in [0.2, 0.25) is 0 Å². The lowest BCUT2D eigenvalue weighted by atomic mass is 10.2. The van der Waals surface area contributed by atoms with Crippen LogP contribution < -0.4 is 15.5 Å². The summed E-state index contributed by atoms with van der Waals surface area (Å²) in [4.78, 5) is 37.2. The van der Waals surface area contributed by atoms with Crippen LogP contribution in [0.3, 0.4) is 0 Å². The van der Waals surface area contributed by atoms with Gasteiger partial charge in [-0.3, -0.25) is 9.59 Å². The van der Waals surface area contributed by atoms with Crippen LogP contribution in [0.4, 0.5) is 8.78 Å². The predicted molar refractivity (Wildman–Crippen MR) is 100 cm³/mol. The molecule has 0 aliphatic heterocycles. The minimum absolute atomic E-state index is 0.0149. The van der Waals surface area contributed by atoms with E-state index in [1.54, 1.807) is 18.2 Å². The first kappa shape index (κ1) is 20.7. The van der Waals surface area contributed by atoms with Gasteiger partial charge in [0, 0.05) is 18.2 Å². The maximum Gasteiger partial charge on any atom is 0.378 e. The largest absolute Gasteiger partial charge is 0.463 e. The van der Waals surface area contributed by atoms with Gasteiger partial charge in [-0.1, -0.05) is 24.3 Å². The number of carbonyl (C=O) groups excluding carboxylic acids is 2. The van der Waals surface area contributed by atoms with Crippen LogP contribution in [-0.4, -0.2) is 19.0 Å². The Kier molecular flexibility index (Phi) is 6.21. The molecule has 0 saturated heterocycles. The quantitative estimate of drug-likeness (QED) is 0.620. The lowest BCUT2D eigenvalue weighted by Crippen LogP contribution is -2.29. The fourth-order valence-electron chi connectivity index (χ4n) is 2.48. The SMILES string of the molecule is COC(=O)c1occ(C(=O)NCc2ccc(F)cc2F)c(=O)c1Oc1ccccc1. The molecule has 0 saturated carbocycles. The van der Waals surface area contributed by atoms with E-state index >= 15 is 0 Å². The second-order valence-corrected chi connectivity index (χ2v) is 5.96. The first-order chi connectivity index (χ1) is 14.4. The van der Waals surface area contributed by atoms with Gasteiger partial charge in [-0.15, -0.1) is 0 Å². The highest BCUT2D eigenvalue weighted by Crippen LogP contribution is 2.23. The van der Waals surface area contributed by atoms with E-state index in [1.807, 2.05) is 0 Å². The van der Waals surface area contributed by atoms with Crippen molar-refractivity contribution < 1.29 is 32.3 Å². The molecule has 0 aliphatic rings. The van der Waals surface area contributed by atoms with E-state index < -0.39 is 46.0 Å². The molecule has 0 bridgehead atoms. The lowest BCUT2D eigenvalue weighted by molar-refractivity contribution is 0.0555. The maximum atomic E-state index is 13.7. The van der Waals surface area contributed by atoms with Crippen molar-refractivity contribution in [3.8, 4) is 11.5 Å². The molecule has 0 fully saturated rings. The summed E-state index contributed by atoms with van der Waals surface area (Å²) in [7, 11) is 1.09. The summed E-state index contributed by atoms with van der Waals surface area (Å²) < 4.78 is 41.9. The predicted octanol–water partition coefficient (Wildman–Crippen LogP) is 3.43. The number of methoxy groups -OCH3 is 1. The van der Waals surface area contributed by atoms with E-state index in [4.69, 9.17) is 9.15 Å². The average Bonchev–Trinajstić information content (AvgIpc) is 2.74. The molecule has 3 aromatic rings. The maximum absolute atomic E-state index is 13.7. The molecule has 0 aliphatic carbocycles. The van der Waals surface area contributed by atoms with Gasteiger partial charge in [-0.25, -0.2) is 13.6 Å². The first-order valence-corrected chi connectivity index (χ1v) is 8.60. The number of esters is 1. The summed E-state index contributed by atoms with van der Waals surface area (Å²) in [5, 5.41) is 2.34.